The summed E-state index contributed by atoms with van der Waals surface area (Å²) in [6.45, 7) is 1.18. The molecule has 2 bridgehead atoms. The summed E-state index contributed by atoms with van der Waals surface area (Å²) in [5.74, 6) is -0.139. The highest BCUT2D eigenvalue weighted by Gasteiger charge is 2.65. The number of pyridine rings is 1. The molecule has 0 radical (unpaired) electrons. The number of hydrogen-bond donors (Lipinski definition) is 0. The topological polar surface area (TPSA) is 79.8 Å². The lowest BCUT2D eigenvalue weighted by atomic mass is 9.99. The van der Waals surface area contributed by atoms with Crippen molar-refractivity contribution < 1.29 is 17.9 Å². The van der Waals surface area contributed by atoms with Crippen molar-refractivity contribution in [3.05, 3.63) is 64.9 Å². The number of benzene rings is 1. The SMILES string of the molecule is O=C(c1cccnc1)N1C[C@H]2C[C@H]3[C@](C1)(CN(Cc1ccc(Cl)cc1)S3(=O)=O)O2. The molecule has 1 aromatic carbocycles. The number of aromatic nitrogens is 1. The molecule has 5 rings (SSSR count). The third-order valence-electron chi connectivity index (χ3n) is 5.98. The van der Waals surface area contributed by atoms with Crippen LogP contribution in [0.15, 0.2) is 48.8 Å². The predicted molar refractivity (Wildman–Crippen MR) is 107 cm³/mol. The zero-order valence-electron chi connectivity index (χ0n) is 15.6. The van der Waals surface area contributed by atoms with Crippen molar-refractivity contribution in [2.24, 2.45) is 0 Å². The maximum Gasteiger partial charge on any atom is 0.255 e. The minimum Gasteiger partial charge on any atom is -0.365 e. The van der Waals surface area contributed by atoms with E-state index in [-0.39, 0.29) is 31.6 Å². The van der Waals surface area contributed by atoms with E-state index in [0.717, 1.165) is 5.56 Å². The van der Waals surface area contributed by atoms with Crippen molar-refractivity contribution in [2.75, 3.05) is 19.6 Å². The van der Waals surface area contributed by atoms with Gasteiger partial charge >= 0.3 is 0 Å². The molecule has 0 aliphatic carbocycles. The fourth-order valence-corrected chi connectivity index (χ4v) is 7.13. The van der Waals surface area contributed by atoms with Crippen LogP contribution in [0, 0.1) is 0 Å². The van der Waals surface area contributed by atoms with E-state index in [1.54, 1.807) is 35.4 Å². The van der Waals surface area contributed by atoms with Crippen molar-refractivity contribution in [3.63, 3.8) is 0 Å². The van der Waals surface area contributed by atoms with Crippen LogP contribution in [-0.4, -0.2) is 65.1 Å². The molecule has 3 aliphatic rings. The van der Waals surface area contributed by atoms with Gasteiger partial charge in [0, 0.05) is 37.1 Å². The molecule has 4 heterocycles. The maximum absolute atomic E-state index is 13.2. The Kier molecular flexibility index (Phi) is 4.43. The monoisotopic (exact) mass is 433 g/mol. The minimum atomic E-state index is -3.53. The molecule has 7 nitrogen and oxygen atoms in total. The second-order valence-corrected chi connectivity index (χ2v) is 10.4. The zero-order chi connectivity index (χ0) is 20.2. The molecule has 1 aromatic heterocycles. The van der Waals surface area contributed by atoms with E-state index in [2.05, 4.69) is 4.98 Å². The van der Waals surface area contributed by atoms with Gasteiger partial charge in [-0.3, -0.25) is 9.78 Å². The summed E-state index contributed by atoms with van der Waals surface area (Å²) < 4.78 is 34.1. The number of carbonyl (C=O) groups is 1. The van der Waals surface area contributed by atoms with Crippen LogP contribution in [0.25, 0.3) is 0 Å². The summed E-state index contributed by atoms with van der Waals surface area (Å²) in [4.78, 5) is 18.7. The first-order valence-corrected chi connectivity index (χ1v) is 11.4. The lowest BCUT2D eigenvalue weighted by molar-refractivity contribution is -0.0980. The smallest absolute Gasteiger partial charge is 0.255 e. The van der Waals surface area contributed by atoms with Gasteiger partial charge in [0.15, 0.2) is 0 Å². The average molecular weight is 434 g/mol. The number of ether oxygens (including phenoxy) is 1. The highest BCUT2D eigenvalue weighted by molar-refractivity contribution is 7.90. The van der Waals surface area contributed by atoms with E-state index in [9.17, 15) is 13.2 Å². The molecule has 0 unspecified atom stereocenters. The number of hydrogen-bond acceptors (Lipinski definition) is 5. The first kappa shape index (κ1) is 19.0. The summed E-state index contributed by atoms with van der Waals surface area (Å²) in [5.41, 5.74) is 0.483. The number of halogens is 1. The van der Waals surface area contributed by atoms with Gasteiger partial charge in [0.25, 0.3) is 5.91 Å². The molecule has 29 heavy (non-hydrogen) atoms. The quantitative estimate of drug-likeness (QED) is 0.739. The van der Waals surface area contributed by atoms with Gasteiger partial charge < -0.3 is 9.64 Å². The first-order valence-electron chi connectivity index (χ1n) is 9.48. The number of amides is 1. The van der Waals surface area contributed by atoms with Gasteiger partial charge in [-0.1, -0.05) is 23.7 Å². The molecule has 9 heteroatoms. The van der Waals surface area contributed by atoms with E-state index in [0.29, 0.717) is 23.6 Å². The molecule has 0 saturated carbocycles. The van der Waals surface area contributed by atoms with Crippen molar-refractivity contribution in [1.29, 1.82) is 0 Å². The number of morpholine rings is 1. The molecule has 1 spiro atoms. The number of rotatable bonds is 3. The molecule has 1 amide bonds. The van der Waals surface area contributed by atoms with Gasteiger partial charge in [-0.25, -0.2) is 8.42 Å². The number of sulfonamides is 1. The van der Waals surface area contributed by atoms with Gasteiger partial charge in [0.05, 0.1) is 18.2 Å². The van der Waals surface area contributed by atoms with Crippen LogP contribution >= 0.6 is 11.6 Å². The molecular weight excluding hydrogens is 414 g/mol. The van der Waals surface area contributed by atoms with Gasteiger partial charge in [-0.2, -0.15) is 4.31 Å². The van der Waals surface area contributed by atoms with Gasteiger partial charge in [-0.15, -0.1) is 0 Å². The Labute approximate surface area is 174 Å². The molecule has 0 N–H and O–H groups in total. The number of carbonyl (C=O) groups excluding carboxylic acids is 1. The van der Waals surface area contributed by atoms with Crippen LogP contribution in [0.1, 0.15) is 22.3 Å². The van der Waals surface area contributed by atoms with Crippen molar-refractivity contribution >= 4 is 27.5 Å². The lowest BCUT2D eigenvalue weighted by Gasteiger charge is -2.39. The second-order valence-electron chi connectivity index (χ2n) is 7.90. The van der Waals surface area contributed by atoms with Crippen molar-refractivity contribution in [2.45, 2.75) is 29.9 Å². The fourth-order valence-electron chi connectivity index (χ4n) is 4.71. The minimum absolute atomic E-state index is 0.139. The molecule has 3 aliphatic heterocycles. The maximum atomic E-state index is 13.2. The predicted octanol–water partition coefficient (Wildman–Crippen LogP) is 1.93. The van der Waals surface area contributed by atoms with Crippen LogP contribution in [-0.2, 0) is 21.3 Å². The van der Waals surface area contributed by atoms with E-state index < -0.39 is 20.9 Å². The summed E-state index contributed by atoms with van der Waals surface area (Å²) in [6.07, 6.45) is 3.30. The third-order valence-corrected chi connectivity index (χ3v) is 8.55. The second kappa shape index (κ2) is 6.77. The van der Waals surface area contributed by atoms with Gasteiger partial charge in [-0.05, 0) is 36.2 Å². The Morgan fingerprint density at radius 2 is 2.03 bits per heavy atom. The van der Waals surface area contributed by atoms with Crippen molar-refractivity contribution in [3.8, 4) is 0 Å². The number of likely N-dealkylation sites (tertiary alicyclic amines) is 1. The summed E-state index contributed by atoms with van der Waals surface area (Å²) in [7, 11) is -3.53. The van der Waals surface area contributed by atoms with E-state index in [4.69, 9.17) is 16.3 Å². The van der Waals surface area contributed by atoms with Crippen LogP contribution in [0.2, 0.25) is 5.02 Å². The molecule has 3 fully saturated rings. The molecule has 152 valence electrons. The van der Waals surface area contributed by atoms with Crippen molar-refractivity contribution in [1.82, 2.24) is 14.2 Å². The average Bonchev–Trinajstić information content (AvgIpc) is 3.09. The zero-order valence-corrected chi connectivity index (χ0v) is 17.1. The first-order chi connectivity index (χ1) is 13.9. The van der Waals surface area contributed by atoms with Gasteiger partial charge in [0.1, 0.15) is 10.9 Å². The molecule has 2 aromatic rings. The number of fused-ring (bicyclic) bond motifs is 1. The Hall–Kier alpha value is -2.00. The van der Waals surface area contributed by atoms with E-state index in [1.165, 1.54) is 10.5 Å². The third kappa shape index (κ3) is 3.15. The van der Waals surface area contributed by atoms with Crippen LogP contribution < -0.4 is 0 Å². The highest BCUT2D eigenvalue weighted by atomic mass is 35.5. The standard InChI is InChI=1S/C20H20ClN3O4S/c21-16-5-3-14(4-6-16)10-24-13-20-12-23(19(25)15-2-1-7-22-9-15)11-17(28-20)8-18(20)29(24,26)27/h1-7,9,17-18H,8,10-13H2/t17-,18+,20+/m1/s1. The molecule has 3 saturated heterocycles. The summed E-state index contributed by atoms with van der Waals surface area (Å²) in [6, 6.07) is 10.6. The Balaban J connectivity index is 1.40. The fraction of sp³-hybridized carbons (Fsp3) is 0.400. The normalized spacial score (nSPS) is 30.3. The largest absolute Gasteiger partial charge is 0.365 e. The van der Waals surface area contributed by atoms with Crippen LogP contribution in [0.5, 0.6) is 0 Å². The van der Waals surface area contributed by atoms with Gasteiger partial charge in [0.2, 0.25) is 10.0 Å². The molecular formula is C20H20ClN3O4S. The Morgan fingerprint density at radius 1 is 1.24 bits per heavy atom. The van der Waals surface area contributed by atoms with E-state index >= 15 is 0 Å². The van der Waals surface area contributed by atoms with Crippen LogP contribution in [0.4, 0.5) is 0 Å². The van der Waals surface area contributed by atoms with Crippen LogP contribution in [0.3, 0.4) is 0 Å². The lowest BCUT2D eigenvalue weighted by Crippen LogP contribution is -2.56. The number of nitrogens with zero attached hydrogens (tertiary/aromatic N) is 3. The van der Waals surface area contributed by atoms with E-state index in [1.807, 2.05) is 12.1 Å². The Morgan fingerprint density at radius 3 is 2.76 bits per heavy atom. The Bertz CT molecular complexity index is 1050. The summed E-state index contributed by atoms with van der Waals surface area (Å²) >= 11 is 5.93. The highest BCUT2D eigenvalue weighted by Crippen LogP contribution is 2.47. The molecule has 3 atom stereocenters. The summed E-state index contributed by atoms with van der Waals surface area (Å²) in [5, 5.41) is -0.0181.